The Bertz CT molecular complexity index is 671. The van der Waals surface area contributed by atoms with Gasteiger partial charge < -0.3 is 5.32 Å². The average Bonchev–Trinajstić information content (AvgIpc) is 2.48. The fourth-order valence-electron chi connectivity index (χ4n) is 1.88. The number of rotatable bonds is 4. The molecule has 0 radical (unpaired) electrons. The molecule has 0 bridgehead atoms. The second kappa shape index (κ2) is 6.37. The first-order chi connectivity index (χ1) is 9.97. The molecule has 0 aliphatic heterocycles. The number of nitrogens with zero attached hydrogens (tertiary/aromatic N) is 1. The molecule has 0 aliphatic carbocycles. The highest BCUT2D eigenvalue weighted by atomic mass is 35.5. The molecule has 21 heavy (non-hydrogen) atoms. The molecule has 0 fully saturated rings. The number of halogens is 1. The largest absolute Gasteiger partial charge is 0.346 e. The van der Waals surface area contributed by atoms with Crippen LogP contribution in [0.2, 0.25) is 5.02 Å². The normalized spacial score (nSPS) is 11.7. The Morgan fingerprint density at radius 1 is 1.24 bits per heavy atom. The number of nitrogens with one attached hydrogen (secondary N) is 1. The molecule has 0 aromatic heterocycles. The van der Waals surface area contributed by atoms with Gasteiger partial charge in [-0.1, -0.05) is 29.8 Å². The summed E-state index contributed by atoms with van der Waals surface area (Å²) in [6, 6.07) is 12.5. The quantitative estimate of drug-likeness (QED) is 0.691. The highest BCUT2D eigenvalue weighted by Crippen LogP contribution is 2.18. The van der Waals surface area contributed by atoms with Crippen LogP contribution in [0.3, 0.4) is 0 Å². The number of nitro benzene ring substituents is 1. The van der Waals surface area contributed by atoms with Gasteiger partial charge in [0.15, 0.2) is 0 Å². The lowest BCUT2D eigenvalue weighted by Gasteiger charge is -2.14. The van der Waals surface area contributed by atoms with Crippen LogP contribution >= 0.6 is 11.6 Å². The van der Waals surface area contributed by atoms with Crippen molar-refractivity contribution in [2.24, 2.45) is 0 Å². The summed E-state index contributed by atoms with van der Waals surface area (Å²) in [6.45, 7) is 1.83. The SMILES string of the molecule is C[C@@H](NC(=O)c1cccc([N+](=O)[O-])c1)c1ccc(Cl)cc1. The molecule has 0 saturated carbocycles. The van der Waals surface area contributed by atoms with Crippen LogP contribution in [-0.2, 0) is 0 Å². The van der Waals surface area contributed by atoms with Crippen molar-refractivity contribution in [1.29, 1.82) is 0 Å². The van der Waals surface area contributed by atoms with Crippen LogP contribution < -0.4 is 5.32 Å². The van der Waals surface area contributed by atoms with E-state index in [9.17, 15) is 14.9 Å². The minimum absolute atomic E-state index is 0.109. The van der Waals surface area contributed by atoms with Gasteiger partial charge in [-0.05, 0) is 30.7 Å². The van der Waals surface area contributed by atoms with Gasteiger partial charge in [-0.25, -0.2) is 0 Å². The first-order valence-corrected chi connectivity index (χ1v) is 6.66. The molecule has 5 nitrogen and oxygen atoms in total. The summed E-state index contributed by atoms with van der Waals surface area (Å²) < 4.78 is 0. The van der Waals surface area contributed by atoms with Crippen LogP contribution in [0.25, 0.3) is 0 Å². The Labute approximate surface area is 126 Å². The maximum absolute atomic E-state index is 12.1. The van der Waals surface area contributed by atoms with E-state index >= 15 is 0 Å². The summed E-state index contributed by atoms with van der Waals surface area (Å²) in [7, 11) is 0. The molecule has 6 heteroatoms. The van der Waals surface area contributed by atoms with E-state index in [0.717, 1.165) is 5.56 Å². The number of non-ortho nitro benzene ring substituents is 1. The number of benzene rings is 2. The van der Waals surface area contributed by atoms with Gasteiger partial charge in [-0.15, -0.1) is 0 Å². The lowest BCUT2D eigenvalue weighted by Crippen LogP contribution is -2.26. The highest BCUT2D eigenvalue weighted by Gasteiger charge is 2.14. The second-order valence-electron chi connectivity index (χ2n) is 4.55. The van der Waals surface area contributed by atoms with Gasteiger partial charge in [0, 0.05) is 22.7 Å². The number of amides is 1. The number of carbonyl (C=O) groups is 1. The van der Waals surface area contributed by atoms with Crippen LogP contribution in [-0.4, -0.2) is 10.8 Å². The van der Waals surface area contributed by atoms with E-state index in [1.165, 1.54) is 24.3 Å². The van der Waals surface area contributed by atoms with Gasteiger partial charge in [0.2, 0.25) is 0 Å². The molecule has 2 aromatic rings. The molecular weight excluding hydrogens is 292 g/mol. The summed E-state index contributed by atoms with van der Waals surface area (Å²) >= 11 is 5.81. The molecule has 0 heterocycles. The minimum atomic E-state index is -0.528. The first kappa shape index (κ1) is 15.0. The zero-order chi connectivity index (χ0) is 15.4. The van der Waals surface area contributed by atoms with Gasteiger partial charge in [0.25, 0.3) is 11.6 Å². The fourth-order valence-corrected chi connectivity index (χ4v) is 2.00. The predicted molar refractivity (Wildman–Crippen MR) is 80.4 cm³/mol. The number of hydrogen-bond donors (Lipinski definition) is 1. The van der Waals surface area contributed by atoms with Crippen molar-refractivity contribution >= 4 is 23.2 Å². The summed E-state index contributed by atoms with van der Waals surface area (Å²) in [6.07, 6.45) is 0. The van der Waals surface area contributed by atoms with E-state index in [0.29, 0.717) is 5.02 Å². The van der Waals surface area contributed by atoms with E-state index in [-0.39, 0.29) is 23.2 Å². The maximum Gasteiger partial charge on any atom is 0.270 e. The summed E-state index contributed by atoms with van der Waals surface area (Å²) in [5.41, 5.74) is 1.05. The Morgan fingerprint density at radius 2 is 1.90 bits per heavy atom. The van der Waals surface area contributed by atoms with Gasteiger partial charge in [0.1, 0.15) is 0 Å². The molecule has 0 saturated heterocycles. The van der Waals surface area contributed by atoms with E-state index in [1.807, 2.05) is 19.1 Å². The van der Waals surface area contributed by atoms with Crippen molar-refractivity contribution in [3.05, 3.63) is 74.8 Å². The topological polar surface area (TPSA) is 72.2 Å². The first-order valence-electron chi connectivity index (χ1n) is 6.28. The van der Waals surface area contributed by atoms with E-state index < -0.39 is 4.92 Å². The Balaban J connectivity index is 2.12. The number of carbonyl (C=O) groups excluding carboxylic acids is 1. The van der Waals surface area contributed by atoms with E-state index in [2.05, 4.69) is 5.32 Å². The van der Waals surface area contributed by atoms with Crippen molar-refractivity contribution in [2.45, 2.75) is 13.0 Å². The molecule has 108 valence electrons. The fraction of sp³-hybridized carbons (Fsp3) is 0.133. The lowest BCUT2D eigenvalue weighted by atomic mass is 10.1. The standard InChI is InChI=1S/C15H13ClN2O3/c1-10(11-5-7-13(16)8-6-11)17-15(19)12-3-2-4-14(9-12)18(20)21/h2-10H,1H3,(H,17,19)/t10-/m1/s1. The van der Waals surface area contributed by atoms with Gasteiger partial charge >= 0.3 is 0 Å². The Kier molecular flexibility index (Phi) is 4.55. The van der Waals surface area contributed by atoms with Gasteiger partial charge in [-0.2, -0.15) is 0 Å². The monoisotopic (exact) mass is 304 g/mol. The zero-order valence-electron chi connectivity index (χ0n) is 11.2. The molecule has 2 aromatic carbocycles. The molecule has 2 rings (SSSR count). The lowest BCUT2D eigenvalue weighted by molar-refractivity contribution is -0.384. The van der Waals surface area contributed by atoms with Crippen molar-refractivity contribution in [1.82, 2.24) is 5.32 Å². The van der Waals surface area contributed by atoms with Crippen molar-refractivity contribution in [2.75, 3.05) is 0 Å². The maximum atomic E-state index is 12.1. The zero-order valence-corrected chi connectivity index (χ0v) is 12.0. The van der Waals surface area contributed by atoms with Crippen LogP contribution in [0.1, 0.15) is 28.9 Å². The molecule has 1 atom stereocenters. The molecular formula is C15H13ClN2O3. The number of hydrogen-bond acceptors (Lipinski definition) is 3. The Hall–Kier alpha value is -2.40. The van der Waals surface area contributed by atoms with Crippen LogP contribution in [0.15, 0.2) is 48.5 Å². The van der Waals surface area contributed by atoms with Crippen molar-refractivity contribution in [3.63, 3.8) is 0 Å². The summed E-state index contributed by atoms with van der Waals surface area (Å²) in [4.78, 5) is 22.3. The van der Waals surface area contributed by atoms with Crippen LogP contribution in [0, 0.1) is 10.1 Å². The number of nitro groups is 1. The van der Waals surface area contributed by atoms with Crippen LogP contribution in [0.4, 0.5) is 5.69 Å². The van der Waals surface area contributed by atoms with Crippen molar-refractivity contribution in [3.8, 4) is 0 Å². The van der Waals surface area contributed by atoms with E-state index in [1.54, 1.807) is 12.1 Å². The Morgan fingerprint density at radius 3 is 2.52 bits per heavy atom. The van der Waals surface area contributed by atoms with E-state index in [4.69, 9.17) is 11.6 Å². The predicted octanol–water partition coefficient (Wildman–Crippen LogP) is 3.74. The summed E-state index contributed by atoms with van der Waals surface area (Å²) in [5.74, 6) is -0.360. The molecule has 0 aliphatic rings. The smallest absolute Gasteiger partial charge is 0.270 e. The molecule has 1 amide bonds. The van der Waals surface area contributed by atoms with Gasteiger partial charge in [-0.3, -0.25) is 14.9 Å². The molecule has 0 spiro atoms. The molecule has 0 unspecified atom stereocenters. The summed E-state index contributed by atoms with van der Waals surface area (Å²) in [5, 5.41) is 14.1. The molecule has 1 N–H and O–H groups in total. The third kappa shape index (κ3) is 3.79. The van der Waals surface area contributed by atoms with Crippen molar-refractivity contribution < 1.29 is 9.72 Å². The third-order valence-electron chi connectivity index (χ3n) is 3.04. The van der Waals surface area contributed by atoms with Crippen LogP contribution in [0.5, 0.6) is 0 Å². The van der Waals surface area contributed by atoms with Gasteiger partial charge in [0.05, 0.1) is 11.0 Å². The second-order valence-corrected chi connectivity index (χ2v) is 4.99. The minimum Gasteiger partial charge on any atom is -0.346 e. The highest BCUT2D eigenvalue weighted by molar-refractivity contribution is 6.30. The average molecular weight is 305 g/mol. The third-order valence-corrected chi connectivity index (χ3v) is 3.29.